The lowest BCUT2D eigenvalue weighted by Crippen LogP contribution is -2.42. The molecule has 0 bridgehead atoms. The molecule has 0 aliphatic heterocycles. The highest BCUT2D eigenvalue weighted by Gasteiger charge is 2.21. The molecular weight excluding hydrogens is 300 g/mol. The first-order valence-corrected chi connectivity index (χ1v) is 9.37. The maximum Gasteiger partial charge on any atom is 0.235 e. The van der Waals surface area contributed by atoms with Gasteiger partial charge < -0.3 is 5.32 Å². The molecule has 0 heterocycles. The van der Waals surface area contributed by atoms with Gasteiger partial charge in [-0.1, -0.05) is 43.2 Å². The molecule has 0 fully saturated rings. The summed E-state index contributed by atoms with van der Waals surface area (Å²) in [5.74, 6) is -0.265. The van der Waals surface area contributed by atoms with E-state index in [4.69, 9.17) is 0 Å². The SMILES string of the molecule is CCC[C@@H](C)NC(=O)CN(Cc1ccc(C)cc1)S(C)(=O)=O. The third kappa shape index (κ3) is 6.58. The van der Waals surface area contributed by atoms with E-state index in [1.54, 1.807) is 0 Å². The van der Waals surface area contributed by atoms with E-state index in [0.29, 0.717) is 0 Å². The number of rotatable bonds is 8. The van der Waals surface area contributed by atoms with Crippen LogP contribution in [-0.2, 0) is 21.4 Å². The van der Waals surface area contributed by atoms with Gasteiger partial charge in [-0.3, -0.25) is 4.79 Å². The highest BCUT2D eigenvalue weighted by atomic mass is 32.2. The lowest BCUT2D eigenvalue weighted by Gasteiger charge is -2.21. The van der Waals surface area contributed by atoms with Crippen molar-refractivity contribution in [3.8, 4) is 0 Å². The first-order chi connectivity index (χ1) is 10.2. The van der Waals surface area contributed by atoms with Crippen molar-refractivity contribution in [2.24, 2.45) is 0 Å². The largest absolute Gasteiger partial charge is 0.353 e. The van der Waals surface area contributed by atoms with Gasteiger partial charge in [-0.25, -0.2) is 8.42 Å². The van der Waals surface area contributed by atoms with Crippen molar-refractivity contribution in [1.29, 1.82) is 0 Å². The van der Waals surface area contributed by atoms with Gasteiger partial charge in [0.05, 0.1) is 12.8 Å². The number of aryl methyl sites for hydroxylation is 1. The fourth-order valence-electron chi connectivity index (χ4n) is 2.17. The lowest BCUT2D eigenvalue weighted by atomic mass is 10.1. The number of hydrogen-bond donors (Lipinski definition) is 1. The zero-order valence-electron chi connectivity index (χ0n) is 13.8. The van der Waals surface area contributed by atoms with E-state index in [-0.39, 0.29) is 25.0 Å². The van der Waals surface area contributed by atoms with E-state index in [1.807, 2.05) is 45.0 Å². The first kappa shape index (κ1) is 18.6. The second-order valence-electron chi connectivity index (χ2n) is 5.77. The number of nitrogens with one attached hydrogen (secondary N) is 1. The molecule has 0 aliphatic rings. The van der Waals surface area contributed by atoms with Crippen LogP contribution in [0, 0.1) is 6.92 Å². The van der Waals surface area contributed by atoms with Gasteiger partial charge >= 0.3 is 0 Å². The van der Waals surface area contributed by atoms with Gasteiger partial charge in [-0.15, -0.1) is 0 Å². The number of amides is 1. The third-order valence-corrected chi connectivity index (χ3v) is 4.59. The van der Waals surface area contributed by atoms with E-state index >= 15 is 0 Å². The molecule has 0 aromatic heterocycles. The Balaban J connectivity index is 2.73. The highest BCUT2D eigenvalue weighted by molar-refractivity contribution is 7.88. The van der Waals surface area contributed by atoms with Gasteiger partial charge in [0, 0.05) is 12.6 Å². The van der Waals surface area contributed by atoms with Crippen molar-refractivity contribution in [3.05, 3.63) is 35.4 Å². The standard InChI is InChI=1S/C16H26N2O3S/c1-5-6-14(3)17-16(19)12-18(22(4,20)21)11-15-9-7-13(2)8-10-15/h7-10,14H,5-6,11-12H2,1-4H3,(H,17,19)/t14-/m1/s1. The summed E-state index contributed by atoms with van der Waals surface area (Å²) in [5.41, 5.74) is 1.98. The summed E-state index contributed by atoms with van der Waals surface area (Å²) in [6.45, 7) is 5.99. The molecule has 0 aliphatic carbocycles. The van der Waals surface area contributed by atoms with E-state index in [0.717, 1.165) is 30.2 Å². The summed E-state index contributed by atoms with van der Waals surface area (Å²) in [6, 6.07) is 7.67. The molecule has 1 aromatic carbocycles. The average Bonchev–Trinajstić information content (AvgIpc) is 2.39. The Kier molecular flexibility index (Phi) is 7.03. The van der Waals surface area contributed by atoms with Crippen LogP contribution in [0.25, 0.3) is 0 Å². The maximum absolute atomic E-state index is 12.0. The quantitative estimate of drug-likeness (QED) is 0.795. The average molecular weight is 326 g/mol. The van der Waals surface area contributed by atoms with E-state index < -0.39 is 10.0 Å². The predicted octanol–water partition coefficient (Wildman–Crippen LogP) is 2.06. The van der Waals surface area contributed by atoms with Crippen molar-refractivity contribution in [3.63, 3.8) is 0 Å². The molecule has 1 N–H and O–H groups in total. The van der Waals surface area contributed by atoms with Gasteiger partial charge in [0.15, 0.2) is 0 Å². The summed E-state index contributed by atoms with van der Waals surface area (Å²) < 4.78 is 25.0. The van der Waals surface area contributed by atoms with E-state index in [2.05, 4.69) is 5.32 Å². The van der Waals surface area contributed by atoms with Crippen LogP contribution in [0.3, 0.4) is 0 Å². The summed E-state index contributed by atoms with van der Waals surface area (Å²) >= 11 is 0. The summed E-state index contributed by atoms with van der Waals surface area (Å²) in [4.78, 5) is 12.0. The number of nitrogens with zero attached hydrogens (tertiary/aromatic N) is 1. The predicted molar refractivity (Wildman–Crippen MR) is 88.9 cm³/mol. The number of sulfonamides is 1. The summed E-state index contributed by atoms with van der Waals surface area (Å²) in [6.07, 6.45) is 2.98. The Bertz CT molecular complexity index is 582. The maximum atomic E-state index is 12.0. The summed E-state index contributed by atoms with van der Waals surface area (Å²) in [5, 5.41) is 2.83. The molecule has 0 unspecified atom stereocenters. The second-order valence-corrected chi connectivity index (χ2v) is 7.76. The Labute approximate surface area is 133 Å². The second kappa shape index (κ2) is 8.29. The molecule has 0 saturated heterocycles. The molecule has 5 nitrogen and oxygen atoms in total. The van der Waals surface area contributed by atoms with Crippen molar-refractivity contribution < 1.29 is 13.2 Å². The number of carbonyl (C=O) groups excluding carboxylic acids is 1. The monoisotopic (exact) mass is 326 g/mol. The Morgan fingerprint density at radius 3 is 2.36 bits per heavy atom. The van der Waals surface area contributed by atoms with Crippen LogP contribution in [0.15, 0.2) is 24.3 Å². The molecular formula is C16H26N2O3S. The summed E-state index contributed by atoms with van der Waals surface area (Å²) in [7, 11) is -3.44. The van der Waals surface area contributed by atoms with Crippen molar-refractivity contribution in [1.82, 2.24) is 9.62 Å². The number of hydrogen-bond acceptors (Lipinski definition) is 3. The van der Waals surface area contributed by atoms with Gasteiger partial charge in [0.25, 0.3) is 0 Å². The van der Waals surface area contributed by atoms with Gasteiger partial charge in [0.1, 0.15) is 0 Å². The lowest BCUT2D eigenvalue weighted by molar-refractivity contribution is -0.122. The molecule has 0 saturated carbocycles. The minimum Gasteiger partial charge on any atom is -0.353 e. The van der Waals surface area contributed by atoms with Gasteiger partial charge in [-0.05, 0) is 25.8 Å². The van der Waals surface area contributed by atoms with Crippen LogP contribution in [0.1, 0.15) is 37.8 Å². The minimum atomic E-state index is -3.44. The molecule has 1 aromatic rings. The fraction of sp³-hybridized carbons (Fsp3) is 0.562. The van der Waals surface area contributed by atoms with Crippen LogP contribution in [0.4, 0.5) is 0 Å². The Morgan fingerprint density at radius 1 is 1.27 bits per heavy atom. The van der Waals surface area contributed by atoms with Crippen LogP contribution < -0.4 is 5.32 Å². The molecule has 1 rings (SSSR count). The molecule has 22 heavy (non-hydrogen) atoms. The third-order valence-electron chi connectivity index (χ3n) is 3.40. The van der Waals surface area contributed by atoms with E-state index in [9.17, 15) is 13.2 Å². The van der Waals surface area contributed by atoms with Gasteiger partial charge in [0.2, 0.25) is 15.9 Å². The zero-order chi connectivity index (χ0) is 16.8. The molecule has 124 valence electrons. The van der Waals surface area contributed by atoms with Crippen LogP contribution in [-0.4, -0.2) is 37.5 Å². The van der Waals surface area contributed by atoms with Crippen molar-refractivity contribution in [2.45, 2.75) is 46.2 Å². The highest BCUT2D eigenvalue weighted by Crippen LogP contribution is 2.10. The Morgan fingerprint density at radius 2 is 1.86 bits per heavy atom. The zero-order valence-corrected chi connectivity index (χ0v) is 14.6. The molecule has 6 heteroatoms. The smallest absolute Gasteiger partial charge is 0.235 e. The molecule has 0 radical (unpaired) electrons. The molecule has 0 spiro atoms. The molecule has 1 amide bonds. The first-order valence-electron chi connectivity index (χ1n) is 7.52. The topological polar surface area (TPSA) is 66.5 Å². The normalized spacial score (nSPS) is 13.1. The number of benzene rings is 1. The van der Waals surface area contributed by atoms with Crippen LogP contribution in [0.5, 0.6) is 0 Å². The van der Waals surface area contributed by atoms with Crippen molar-refractivity contribution >= 4 is 15.9 Å². The van der Waals surface area contributed by atoms with Crippen LogP contribution >= 0.6 is 0 Å². The molecule has 1 atom stereocenters. The number of carbonyl (C=O) groups is 1. The fourth-order valence-corrected chi connectivity index (χ4v) is 2.91. The van der Waals surface area contributed by atoms with Crippen molar-refractivity contribution in [2.75, 3.05) is 12.8 Å². The van der Waals surface area contributed by atoms with E-state index in [1.165, 1.54) is 4.31 Å². The minimum absolute atomic E-state index is 0.0540. The van der Waals surface area contributed by atoms with Crippen LogP contribution in [0.2, 0.25) is 0 Å². The Hall–Kier alpha value is -1.40. The van der Waals surface area contributed by atoms with Gasteiger partial charge in [-0.2, -0.15) is 4.31 Å².